The van der Waals surface area contributed by atoms with Crippen LogP contribution >= 0.6 is 0 Å². The highest BCUT2D eigenvalue weighted by Crippen LogP contribution is 2.38. The van der Waals surface area contributed by atoms with Crippen molar-refractivity contribution in [3.05, 3.63) is 113 Å². The number of rotatable bonds is 5. The van der Waals surface area contributed by atoms with Crippen LogP contribution in [0.3, 0.4) is 0 Å². The number of hydrogen-bond donors (Lipinski definition) is 0. The molecule has 0 unspecified atom stereocenters. The molecule has 0 radical (unpaired) electrons. The van der Waals surface area contributed by atoms with Crippen molar-refractivity contribution < 1.29 is 17.9 Å². The fraction of sp³-hybridized carbons (Fsp3) is 0.138. The van der Waals surface area contributed by atoms with Crippen LogP contribution in [-0.2, 0) is 21.2 Å². The van der Waals surface area contributed by atoms with Crippen LogP contribution in [0.2, 0.25) is 0 Å². The Morgan fingerprint density at radius 3 is 2.31 bits per heavy atom. The van der Waals surface area contributed by atoms with Gasteiger partial charge in [-0.2, -0.15) is 0 Å². The average Bonchev–Trinajstić information content (AvgIpc) is 3.45. The smallest absolute Gasteiger partial charge is 0.355 e. The topological polar surface area (TPSA) is 65.4 Å². The second-order valence-electron chi connectivity index (χ2n) is 8.63. The molecule has 176 valence electrons. The van der Waals surface area contributed by atoms with Crippen molar-refractivity contribution >= 4 is 27.6 Å². The van der Waals surface area contributed by atoms with Crippen LogP contribution in [0.1, 0.15) is 39.3 Å². The zero-order valence-electron chi connectivity index (χ0n) is 19.6. The predicted octanol–water partition coefficient (Wildman–Crippen LogP) is 5.97. The first-order valence-corrected chi connectivity index (χ1v) is 12.8. The summed E-state index contributed by atoms with van der Waals surface area (Å²) >= 11 is 0. The maximum atomic E-state index is 13.6. The molecule has 0 bridgehead atoms. The number of ether oxygens (including phenoxy) is 1. The van der Waals surface area contributed by atoms with E-state index in [2.05, 4.69) is 30.3 Å². The van der Waals surface area contributed by atoms with E-state index in [0.717, 1.165) is 33.4 Å². The maximum Gasteiger partial charge on any atom is 0.355 e. The molecule has 5 nitrogen and oxygen atoms in total. The van der Waals surface area contributed by atoms with Gasteiger partial charge in [-0.15, -0.1) is 0 Å². The number of aromatic nitrogens is 1. The summed E-state index contributed by atoms with van der Waals surface area (Å²) in [5.74, 6) is -0.680. The molecular weight excluding hydrogens is 458 g/mol. The summed E-state index contributed by atoms with van der Waals surface area (Å²) in [5, 5.41) is 0. The molecule has 4 aromatic rings. The minimum absolute atomic E-state index is 0.0155. The first-order chi connectivity index (χ1) is 16.9. The molecule has 1 aromatic heterocycles. The van der Waals surface area contributed by atoms with E-state index < -0.39 is 16.0 Å². The Balaban J connectivity index is 1.61. The second kappa shape index (κ2) is 9.04. The molecule has 0 aliphatic heterocycles. The van der Waals surface area contributed by atoms with Gasteiger partial charge in [0.05, 0.1) is 12.0 Å². The van der Waals surface area contributed by atoms with E-state index in [4.69, 9.17) is 4.74 Å². The summed E-state index contributed by atoms with van der Waals surface area (Å²) in [6.45, 7) is 1.90. The van der Waals surface area contributed by atoms with Crippen molar-refractivity contribution in [1.29, 1.82) is 0 Å². The first-order valence-electron chi connectivity index (χ1n) is 11.4. The molecule has 0 spiro atoms. The third-order valence-electron chi connectivity index (χ3n) is 6.32. The molecule has 0 fully saturated rings. The van der Waals surface area contributed by atoms with Crippen molar-refractivity contribution in [2.75, 3.05) is 7.11 Å². The largest absolute Gasteiger partial charge is 0.464 e. The van der Waals surface area contributed by atoms with E-state index in [0.29, 0.717) is 18.5 Å². The number of nitrogens with zero attached hydrogens (tertiary/aromatic N) is 1. The highest BCUT2D eigenvalue weighted by Gasteiger charge is 2.33. The van der Waals surface area contributed by atoms with Gasteiger partial charge in [0, 0.05) is 11.3 Å². The number of carbonyl (C=O) groups excluding carboxylic acids is 1. The summed E-state index contributed by atoms with van der Waals surface area (Å²) in [6.07, 6.45) is 3.27. The maximum absolute atomic E-state index is 13.6. The Morgan fingerprint density at radius 2 is 1.60 bits per heavy atom. The number of esters is 1. The minimum Gasteiger partial charge on any atom is -0.464 e. The molecule has 0 saturated heterocycles. The lowest BCUT2D eigenvalue weighted by molar-refractivity contribution is 0.0592. The van der Waals surface area contributed by atoms with Crippen LogP contribution in [0.4, 0.5) is 0 Å². The molecule has 3 aromatic carbocycles. The third-order valence-corrected chi connectivity index (χ3v) is 8.09. The van der Waals surface area contributed by atoms with Crippen LogP contribution in [0.25, 0.3) is 22.8 Å². The Labute approximate surface area is 205 Å². The molecule has 1 heterocycles. The highest BCUT2D eigenvalue weighted by molar-refractivity contribution is 7.90. The Kier molecular flexibility index (Phi) is 5.91. The third kappa shape index (κ3) is 4.21. The molecule has 0 atom stereocenters. The molecule has 0 saturated carbocycles. The van der Waals surface area contributed by atoms with Gasteiger partial charge in [-0.1, -0.05) is 72.3 Å². The van der Waals surface area contributed by atoms with Gasteiger partial charge in [0.2, 0.25) is 0 Å². The number of carbonyl (C=O) groups is 1. The lowest BCUT2D eigenvalue weighted by Gasteiger charge is -2.12. The number of benzene rings is 3. The van der Waals surface area contributed by atoms with Crippen LogP contribution in [0.5, 0.6) is 0 Å². The van der Waals surface area contributed by atoms with Crippen molar-refractivity contribution in [2.24, 2.45) is 0 Å². The molecule has 0 amide bonds. The summed E-state index contributed by atoms with van der Waals surface area (Å²) in [7, 11) is -2.71. The van der Waals surface area contributed by atoms with Crippen molar-refractivity contribution in [2.45, 2.75) is 24.7 Å². The Bertz CT molecular complexity index is 1550. The van der Waals surface area contributed by atoms with Crippen molar-refractivity contribution in [3.8, 4) is 11.1 Å². The summed E-state index contributed by atoms with van der Waals surface area (Å²) in [6, 6.07) is 26.6. The zero-order valence-corrected chi connectivity index (χ0v) is 20.4. The first kappa shape index (κ1) is 22.9. The second-order valence-corrected chi connectivity index (χ2v) is 10.4. The number of hydrogen-bond acceptors (Lipinski definition) is 4. The van der Waals surface area contributed by atoms with Gasteiger partial charge < -0.3 is 4.74 Å². The van der Waals surface area contributed by atoms with Crippen LogP contribution in [0, 0.1) is 6.92 Å². The minimum atomic E-state index is -3.97. The molecule has 1 aliphatic rings. The fourth-order valence-electron chi connectivity index (χ4n) is 4.56. The number of aryl methyl sites for hydroxylation is 1. The van der Waals surface area contributed by atoms with E-state index in [9.17, 15) is 13.2 Å². The molecule has 6 heteroatoms. The monoisotopic (exact) mass is 483 g/mol. The van der Waals surface area contributed by atoms with Gasteiger partial charge in [0.15, 0.2) is 0 Å². The van der Waals surface area contributed by atoms with Gasteiger partial charge in [-0.05, 0) is 66.3 Å². The van der Waals surface area contributed by atoms with E-state index in [-0.39, 0.29) is 10.6 Å². The zero-order chi connectivity index (χ0) is 24.6. The van der Waals surface area contributed by atoms with E-state index >= 15 is 0 Å². The van der Waals surface area contributed by atoms with Crippen molar-refractivity contribution in [3.63, 3.8) is 0 Å². The van der Waals surface area contributed by atoms with Gasteiger partial charge in [0.25, 0.3) is 10.0 Å². The van der Waals surface area contributed by atoms with Gasteiger partial charge in [-0.3, -0.25) is 0 Å². The van der Waals surface area contributed by atoms with Crippen LogP contribution in [0.15, 0.2) is 89.8 Å². The van der Waals surface area contributed by atoms with Crippen molar-refractivity contribution in [1.82, 2.24) is 3.97 Å². The summed E-state index contributed by atoms with van der Waals surface area (Å²) < 4.78 is 33.3. The van der Waals surface area contributed by atoms with E-state index in [1.807, 2.05) is 37.3 Å². The predicted molar refractivity (Wildman–Crippen MR) is 138 cm³/mol. The number of methoxy groups -OCH3 is 1. The van der Waals surface area contributed by atoms with Gasteiger partial charge >= 0.3 is 5.97 Å². The molecule has 35 heavy (non-hydrogen) atoms. The fourth-order valence-corrected chi connectivity index (χ4v) is 6.12. The standard InChI is InChI=1S/C29H25NO4S/c1-20-11-14-25(15-12-20)35(32,33)30-27-16-13-24(26(27)19-28(30)29(31)34-2)18-21-7-6-10-23(17-21)22-8-4-3-5-9-22/h3-12,14-15,17-19H,13,16H2,1-2H3. The highest BCUT2D eigenvalue weighted by atomic mass is 32.2. The van der Waals surface area contributed by atoms with Crippen LogP contribution in [-0.4, -0.2) is 25.5 Å². The summed E-state index contributed by atoms with van der Waals surface area (Å²) in [4.78, 5) is 12.8. The van der Waals surface area contributed by atoms with Gasteiger partial charge in [0.1, 0.15) is 5.69 Å². The normalized spacial score (nSPS) is 14.2. The number of allylic oxidation sites excluding steroid dienone is 1. The molecule has 1 aliphatic carbocycles. The molecular formula is C29H25NO4S. The SMILES string of the molecule is COC(=O)c1cc2c(n1S(=O)(=O)c1ccc(C)cc1)CCC2=Cc1cccc(-c2ccccc2)c1. The lowest BCUT2D eigenvalue weighted by atomic mass is 10.0. The number of fused-ring (bicyclic) bond motifs is 1. The molecule has 0 N–H and O–H groups in total. The van der Waals surface area contributed by atoms with E-state index in [1.54, 1.807) is 30.3 Å². The quantitative estimate of drug-likeness (QED) is 0.328. The lowest BCUT2D eigenvalue weighted by Crippen LogP contribution is -2.21. The van der Waals surface area contributed by atoms with Crippen LogP contribution < -0.4 is 0 Å². The average molecular weight is 484 g/mol. The summed E-state index contributed by atoms with van der Waals surface area (Å²) in [5.41, 5.74) is 6.59. The molecule has 5 rings (SSSR count). The van der Waals surface area contributed by atoms with E-state index in [1.165, 1.54) is 11.1 Å². The Morgan fingerprint density at radius 1 is 0.886 bits per heavy atom. The van der Waals surface area contributed by atoms with Gasteiger partial charge in [-0.25, -0.2) is 17.2 Å². The Hall–Kier alpha value is -3.90.